The van der Waals surface area contributed by atoms with E-state index in [0.29, 0.717) is 5.69 Å². The van der Waals surface area contributed by atoms with Gasteiger partial charge in [0.05, 0.1) is 30.6 Å². The lowest BCUT2D eigenvalue weighted by atomic mass is 10.0. The number of primary amides is 1. The topological polar surface area (TPSA) is 150 Å². The second kappa shape index (κ2) is 8.13. The molecular weight excluding hydrogens is 290 g/mol. The minimum Gasteiger partial charge on any atom is -0.393 e. The number of aliphatic hydroxyl groups is 1. The summed E-state index contributed by atoms with van der Waals surface area (Å²) in [6.07, 6.45) is 2.35. The third-order valence-corrected chi connectivity index (χ3v) is 3.18. The van der Waals surface area contributed by atoms with Crippen LogP contribution in [0.3, 0.4) is 0 Å². The molecule has 1 aromatic rings. The number of imidazole rings is 1. The number of carbonyl (C=O) groups is 3. The third kappa shape index (κ3) is 5.52. The minimum atomic E-state index is -0.920. The van der Waals surface area contributed by atoms with Crippen LogP contribution in [0.1, 0.15) is 19.5 Å². The lowest BCUT2D eigenvalue weighted by Crippen LogP contribution is -2.51. The maximum Gasteiger partial charge on any atom is 0.243 e. The van der Waals surface area contributed by atoms with Crippen LogP contribution in [0.2, 0.25) is 0 Å². The van der Waals surface area contributed by atoms with Gasteiger partial charge in [0.25, 0.3) is 0 Å². The second-order valence-electron chi connectivity index (χ2n) is 5.04. The fourth-order valence-corrected chi connectivity index (χ4v) is 1.64. The van der Waals surface area contributed by atoms with Crippen molar-refractivity contribution in [1.29, 1.82) is 0 Å². The first-order valence-corrected chi connectivity index (χ1v) is 6.83. The minimum absolute atomic E-state index is 0.145. The Labute approximate surface area is 127 Å². The SMILES string of the molecule is CC(O)[C@H](C)C(=O)N[C@@H](Cc1c[nH]cn1)C(=O)NCC(N)=O. The van der Waals surface area contributed by atoms with E-state index >= 15 is 0 Å². The molecule has 0 radical (unpaired) electrons. The van der Waals surface area contributed by atoms with E-state index in [9.17, 15) is 19.5 Å². The Morgan fingerprint density at radius 1 is 1.36 bits per heavy atom. The van der Waals surface area contributed by atoms with E-state index in [1.807, 2.05) is 0 Å². The molecule has 0 fully saturated rings. The Balaban J connectivity index is 2.75. The summed E-state index contributed by atoms with van der Waals surface area (Å²) in [7, 11) is 0. The van der Waals surface area contributed by atoms with Gasteiger partial charge in [0, 0.05) is 12.6 Å². The number of nitrogens with two attached hydrogens (primary N) is 1. The molecule has 1 unspecified atom stereocenters. The first-order valence-electron chi connectivity index (χ1n) is 6.83. The molecule has 6 N–H and O–H groups in total. The molecule has 0 aromatic carbocycles. The van der Waals surface area contributed by atoms with Crippen LogP contribution in [0.25, 0.3) is 0 Å². The van der Waals surface area contributed by atoms with Crippen molar-refractivity contribution in [2.24, 2.45) is 11.7 Å². The lowest BCUT2D eigenvalue weighted by molar-refractivity contribution is -0.133. The number of nitrogens with one attached hydrogen (secondary N) is 3. The predicted octanol–water partition coefficient (Wildman–Crippen LogP) is -1.94. The molecule has 9 heteroatoms. The molecule has 3 amide bonds. The van der Waals surface area contributed by atoms with Gasteiger partial charge in [-0.1, -0.05) is 6.92 Å². The van der Waals surface area contributed by atoms with E-state index in [2.05, 4.69) is 20.6 Å². The molecular formula is C13H21N5O4. The number of aromatic nitrogens is 2. The van der Waals surface area contributed by atoms with E-state index in [1.165, 1.54) is 13.3 Å². The third-order valence-electron chi connectivity index (χ3n) is 3.18. The molecule has 0 bridgehead atoms. The summed E-state index contributed by atoms with van der Waals surface area (Å²) < 4.78 is 0. The first-order chi connectivity index (χ1) is 10.3. The van der Waals surface area contributed by atoms with E-state index in [0.717, 1.165) is 0 Å². The van der Waals surface area contributed by atoms with E-state index < -0.39 is 35.8 Å². The van der Waals surface area contributed by atoms with Gasteiger partial charge in [-0.3, -0.25) is 14.4 Å². The Morgan fingerprint density at radius 3 is 2.55 bits per heavy atom. The van der Waals surface area contributed by atoms with Gasteiger partial charge in [-0.15, -0.1) is 0 Å². The van der Waals surface area contributed by atoms with Crippen molar-refractivity contribution in [3.8, 4) is 0 Å². The van der Waals surface area contributed by atoms with Crippen molar-refractivity contribution in [3.05, 3.63) is 18.2 Å². The summed E-state index contributed by atoms with van der Waals surface area (Å²) in [6, 6.07) is -0.920. The Bertz CT molecular complexity index is 515. The number of hydrogen-bond donors (Lipinski definition) is 5. The second-order valence-corrected chi connectivity index (χ2v) is 5.04. The summed E-state index contributed by atoms with van der Waals surface area (Å²) >= 11 is 0. The zero-order chi connectivity index (χ0) is 16.7. The molecule has 22 heavy (non-hydrogen) atoms. The molecule has 0 saturated heterocycles. The summed E-state index contributed by atoms with van der Waals surface area (Å²) in [5.41, 5.74) is 5.55. The standard InChI is InChI=1S/C13H21N5O4/c1-7(8(2)19)12(21)18-10(3-9-4-15-6-17-9)13(22)16-5-11(14)20/h4,6-8,10,19H,3,5H2,1-2H3,(H2,14,20)(H,15,17)(H,16,22)(H,18,21)/t7-,8?,10-/m0/s1. The molecule has 0 spiro atoms. The zero-order valence-corrected chi connectivity index (χ0v) is 12.5. The largest absolute Gasteiger partial charge is 0.393 e. The van der Waals surface area contributed by atoms with Crippen molar-refractivity contribution in [3.63, 3.8) is 0 Å². The Hall–Kier alpha value is -2.42. The number of H-pyrrole nitrogens is 1. The highest BCUT2D eigenvalue weighted by atomic mass is 16.3. The molecule has 1 rings (SSSR count). The molecule has 0 aliphatic heterocycles. The van der Waals surface area contributed by atoms with Crippen LogP contribution in [-0.2, 0) is 20.8 Å². The van der Waals surface area contributed by atoms with Gasteiger partial charge in [0.1, 0.15) is 6.04 Å². The monoisotopic (exact) mass is 311 g/mol. The number of rotatable bonds is 8. The predicted molar refractivity (Wildman–Crippen MR) is 77.3 cm³/mol. The van der Waals surface area contributed by atoms with Crippen molar-refractivity contribution in [2.75, 3.05) is 6.54 Å². The molecule has 1 aromatic heterocycles. The maximum absolute atomic E-state index is 12.1. The van der Waals surface area contributed by atoms with Crippen molar-refractivity contribution in [2.45, 2.75) is 32.4 Å². The van der Waals surface area contributed by atoms with Crippen LogP contribution < -0.4 is 16.4 Å². The number of hydrogen-bond acceptors (Lipinski definition) is 5. The Kier molecular flexibility index (Phi) is 6.51. The van der Waals surface area contributed by atoms with Gasteiger partial charge in [-0.25, -0.2) is 4.98 Å². The van der Waals surface area contributed by atoms with Crippen LogP contribution >= 0.6 is 0 Å². The fraction of sp³-hybridized carbons (Fsp3) is 0.538. The smallest absolute Gasteiger partial charge is 0.243 e. The number of amides is 3. The van der Waals surface area contributed by atoms with E-state index in [-0.39, 0.29) is 13.0 Å². The maximum atomic E-state index is 12.1. The van der Waals surface area contributed by atoms with Crippen molar-refractivity contribution in [1.82, 2.24) is 20.6 Å². The molecule has 122 valence electrons. The van der Waals surface area contributed by atoms with Gasteiger partial charge in [0.15, 0.2) is 0 Å². The van der Waals surface area contributed by atoms with E-state index in [4.69, 9.17) is 5.73 Å². The molecule has 3 atom stereocenters. The summed E-state index contributed by atoms with van der Waals surface area (Å²) in [6.45, 7) is 2.71. The molecule has 0 saturated carbocycles. The summed E-state index contributed by atoms with van der Waals surface area (Å²) in [5, 5.41) is 14.3. The average Bonchev–Trinajstić information content (AvgIpc) is 2.95. The van der Waals surface area contributed by atoms with Gasteiger partial charge < -0.3 is 26.5 Å². The molecule has 0 aliphatic carbocycles. The number of carbonyl (C=O) groups excluding carboxylic acids is 3. The zero-order valence-electron chi connectivity index (χ0n) is 12.5. The van der Waals surface area contributed by atoms with Gasteiger partial charge in [-0.2, -0.15) is 0 Å². The average molecular weight is 311 g/mol. The van der Waals surface area contributed by atoms with Crippen LogP contribution in [0, 0.1) is 5.92 Å². The molecule has 9 nitrogen and oxygen atoms in total. The summed E-state index contributed by atoms with van der Waals surface area (Å²) in [4.78, 5) is 41.5. The highest BCUT2D eigenvalue weighted by Gasteiger charge is 2.26. The van der Waals surface area contributed by atoms with E-state index in [1.54, 1.807) is 13.1 Å². The highest BCUT2D eigenvalue weighted by Crippen LogP contribution is 2.05. The lowest BCUT2D eigenvalue weighted by Gasteiger charge is -2.21. The number of aromatic amines is 1. The first kappa shape index (κ1) is 17.6. The van der Waals surface area contributed by atoms with Crippen molar-refractivity contribution < 1.29 is 19.5 Å². The van der Waals surface area contributed by atoms with Crippen LogP contribution in [0.15, 0.2) is 12.5 Å². The van der Waals surface area contributed by atoms with Crippen LogP contribution in [0.5, 0.6) is 0 Å². The fourth-order valence-electron chi connectivity index (χ4n) is 1.64. The summed E-state index contributed by atoms with van der Waals surface area (Å²) in [5.74, 6) is -2.38. The normalized spacial score (nSPS) is 14.7. The number of aliphatic hydroxyl groups excluding tert-OH is 1. The van der Waals surface area contributed by atoms with Gasteiger partial charge >= 0.3 is 0 Å². The Morgan fingerprint density at radius 2 is 2.05 bits per heavy atom. The van der Waals surface area contributed by atoms with Gasteiger partial charge in [0.2, 0.25) is 17.7 Å². The van der Waals surface area contributed by atoms with Crippen LogP contribution in [-0.4, -0.2) is 51.5 Å². The highest BCUT2D eigenvalue weighted by molar-refractivity contribution is 5.90. The van der Waals surface area contributed by atoms with Gasteiger partial charge in [-0.05, 0) is 6.92 Å². The van der Waals surface area contributed by atoms with Crippen LogP contribution in [0.4, 0.5) is 0 Å². The van der Waals surface area contributed by atoms with Crippen molar-refractivity contribution >= 4 is 17.7 Å². The number of nitrogens with zero attached hydrogens (tertiary/aromatic N) is 1. The molecule has 0 aliphatic rings. The quantitative estimate of drug-likeness (QED) is 0.378. The molecule has 1 heterocycles.